The molecule has 5 heteroatoms. The van der Waals surface area contributed by atoms with Gasteiger partial charge in [0.15, 0.2) is 0 Å². The van der Waals surface area contributed by atoms with E-state index in [9.17, 15) is 4.79 Å². The van der Waals surface area contributed by atoms with Crippen LogP contribution in [0.1, 0.15) is 26.2 Å². The SMILES string of the molecule is CC1NCCCC1NC(=O)CCn1ccnc1. The Bertz CT molecular complexity index is 349. The van der Waals surface area contributed by atoms with Crippen LogP contribution in [-0.4, -0.2) is 34.1 Å². The first-order valence-corrected chi connectivity index (χ1v) is 6.24. The van der Waals surface area contributed by atoms with Gasteiger partial charge in [-0.25, -0.2) is 4.98 Å². The molecule has 1 aliphatic heterocycles. The summed E-state index contributed by atoms with van der Waals surface area (Å²) in [6.45, 7) is 3.88. The topological polar surface area (TPSA) is 58.9 Å². The number of amides is 1. The molecular weight excluding hydrogens is 216 g/mol. The van der Waals surface area contributed by atoms with Crippen molar-refractivity contribution in [2.75, 3.05) is 6.54 Å². The van der Waals surface area contributed by atoms with Gasteiger partial charge in [0, 0.05) is 37.4 Å². The Morgan fingerprint density at radius 3 is 3.24 bits per heavy atom. The predicted molar refractivity (Wildman–Crippen MR) is 65.5 cm³/mol. The van der Waals surface area contributed by atoms with E-state index < -0.39 is 0 Å². The quantitative estimate of drug-likeness (QED) is 0.801. The molecule has 1 fully saturated rings. The number of nitrogens with one attached hydrogen (secondary N) is 2. The second kappa shape index (κ2) is 5.82. The van der Waals surface area contributed by atoms with Gasteiger partial charge in [0.2, 0.25) is 5.91 Å². The van der Waals surface area contributed by atoms with E-state index in [1.807, 2.05) is 10.8 Å². The highest BCUT2D eigenvalue weighted by Gasteiger charge is 2.21. The number of hydrogen-bond donors (Lipinski definition) is 2. The lowest BCUT2D eigenvalue weighted by Crippen LogP contribution is -2.52. The molecule has 2 rings (SSSR count). The number of aryl methyl sites for hydroxylation is 1. The van der Waals surface area contributed by atoms with Gasteiger partial charge in [0.1, 0.15) is 0 Å². The van der Waals surface area contributed by atoms with E-state index in [1.165, 1.54) is 0 Å². The Labute approximate surface area is 102 Å². The van der Waals surface area contributed by atoms with Crippen LogP contribution in [0.2, 0.25) is 0 Å². The van der Waals surface area contributed by atoms with Crippen LogP contribution in [-0.2, 0) is 11.3 Å². The summed E-state index contributed by atoms with van der Waals surface area (Å²) in [5, 5.41) is 6.47. The first-order chi connectivity index (χ1) is 8.25. The maximum absolute atomic E-state index is 11.8. The molecule has 0 aliphatic carbocycles. The molecule has 0 bridgehead atoms. The van der Waals surface area contributed by atoms with Crippen LogP contribution in [0.3, 0.4) is 0 Å². The van der Waals surface area contributed by atoms with Crippen molar-refractivity contribution in [1.29, 1.82) is 0 Å². The Balaban J connectivity index is 1.73. The van der Waals surface area contributed by atoms with E-state index in [0.717, 1.165) is 19.4 Å². The van der Waals surface area contributed by atoms with Crippen LogP contribution >= 0.6 is 0 Å². The van der Waals surface area contributed by atoms with Crippen LogP contribution < -0.4 is 10.6 Å². The summed E-state index contributed by atoms with van der Waals surface area (Å²) in [7, 11) is 0. The van der Waals surface area contributed by atoms with Gasteiger partial charge >= 0.3 is 0 Å². The van der Waals surface area contributed by atoms with Crippen molar-refractivity contribution >= 4 is 5.91 Å². The van der Waals surface area contributed by atoms with E-state index in [0.29, 0.717) is 19.0 Å². The smallest absolute Gasteiger partial charge is 0.222 e. The normalized spacial score (nSPS) is 24.5. The molecule has 1 aromatic heterocycles. The highest BCUT2D eigenvalue weighted by atomic mass is 16.1. The number of aromatic nitrogens is 2. The summed E-state index contributed by atoms with van der Waals surface area (Å²) < 4.78 is 1.92. The number of carbonyl (C=O) groups is 1. The molecule has 0 spiro atoms. The molecule has 1 amide bonds. The van der Waals surface area contributed by atoms with Gasteiger partial charge in [0.05, 0.1) is 6.33 Å². The molecule has 2 N–H and O–H groups in total. The number of nitrogens with zero attached hydrogens (tertiary/aromatic N) is 2. The zero-order valence-corrected chi connectivity index (χ0v) is 10.2. The zero-order valence-electron chi connectivity index (χ0n) is 10.2. The van der Waals surface area contributed by atoms with E-state index in [2.05, 4.69) is 22.5 Å². The van der Waals surface area contributed by atoms with E-state index >= 15 is 0 Å². The molecule has 17 heavy (non-hydrogen) atoms. The average molecular weight is 236 g/mol. The van der Waals surface area contributed by atoms with Gasteiger partial charge in [0.25, 0.3) is 0 Å². The predicted octanol–water partition coefficient (Wildman–Crippen LogP) is 0.530. The summed E-state index contributed by atoms with van der Waals surface area (Å²) in [6, 6.07) is 0.653. The molecule has 0 aromatic carbocycles. The third kappa shape index (κ3) is 3.56. The molecule has 0 radical (unpaired) electrons. The summed E-state index contributed by atoms with van der Waals surface area (Å²) in [5.41, 5.74) is 0. The minimum Gasteiger partial charge on any atom is -0.352 e. The van der Waals surface area contributed by atoms with Gasteiger partial charge in [-0.05, 0) is 26.3 Å². The van der Waals surface area contributed by atoms with Gasteiger partial charge < -0.3 is 15.2 Å². The number of rotatable bonds is 4. The lowest BCUT2D eigenvalue weighted by atomic mass is 10.00. The molecule has 1 aromatic rings. The molecule has 2 unspecified atom stereocenters. The monoisotopic (exact) mass is 236 g/mol. The lowest BCUT2D eigenvalue weighted by Gasteiger charge is -2.30. The first kappa shape index (κ1) is 12.1. The summed E-state index contributed by atoms with van der Waals surface area (Å²) in [4.78, 5) is 15.7. The minimum absolute atomic E-state index is 0.124. The van der Waals surface area contributed by atoms with Gasteiger partial charge in [-0.15, -0.1) is 0 Å². The Morgan fingerprint density at radius 1 is 1.65 bits per heavy atom. The van der Waals surface area contributed by atoms with Gasteiger partial charge in [-0.3, -0.25) is 4.79 Å². The van der Waals surface area contributed by atoms with Crippen molar-refractivity contribution in [3.63, 3.8) is 0 Å². The Kier molecular flexibility index (Phi) is 4.14. The maximum atomic E-state index is 11.8. The molecule has 0 saturated carbocycles. The minimum atomic E-state index is 0.124. The van der Waals surface area contributed by atoms with Crippen molar-refractivity contribution in [2.24, 2.45) is 0 Å². The van der Waals surface area contributed by atoms with Crippen LogP contribution in [0.4, 0.5) is 0 Å². The van der Waals surface area contributed by atoms with Gasteiger partial charge in [-0.2, -0.15) is 0 Å². The summed E-state index contributed by atoms with van der Waals surface area (Å²) in [5.74, 6) is 0.124. The molecule has 94 valence electrons. The van der Waals surface area contributed by atoms with Crippen LogP contribution in [0.15, 0.2) is 18.7 Å². The second-order valence-corrected chi connectivity index (χ2v) is 4.61. The third-order valence-corrected chi connectivity index (χ3v) is 3.26. The number of carbonyl (C=O) groups excluding carboxylic acids is 1. The Hall–Kier alpha value is -1.36. The van der Waals surface area contributed by atoms with Crippen LogP contribution in [0, 0.1) is 0 Å². The standard InChI is InChI=1S/C12H20N4O/c1-10-11(3-2-5-14-10)15-12(17)4-7-16-8-6-13-9-16/h6,8-11,14H,2-5,7H2,1H3,(H,15,17). The Morgan fingerprint density at radius 2 is 2.53 bits per heavy atom. The fraction of sp³-hybridized carbons (Fsp3) is 0.667. The van der Waals surface area contributed by atoms with E-state index in [4.69, 9.17) is 0 Å². The average Bonchev–Trinajstić information content (AvgIpc) is 2.82. The maximum Gasteiger partial charge on any atom is 0.222 e. The fourth-order valence-electron chi connectivity index (χ4n) is 2.17. The number of imidazole rings is 1. The molecule has 1 saturated heterocycles. The van der Waals surface area contributed by atoms with Crippen molar-refractivity contribution < 1.29 is 4.79 Å². The highest BCUT2D eigenvalue weighted by molar-refractivity contribution is 5.76. The largest absolute Gasteiger partial charge is 0.352 e. The van der Waals surface area contributed by atoms with Crippen molar-refractivity contribution in [2.45, 2.75) is 44.8 Å². The molecule has 5 nitrogen and oxygen atoms in total. The van der Waals surface area contributed by atoms with E-state index in [-0.39, 0.29) is 11.9 Å². The molecular formula is C12H20N4O. The molecule has 2 heterocycles. The third-order valence-electron chi connectivity index (χ3n) is 3.26. The van der Waals surface area contributed by atoms with E-state index in [1.54, 1.807) is 12.5 Å². The summed E-state index contributed by atoms with van der Waals surface area (Å²) in [6.07, 6.45) is 8.06. The molecule has 2 atom stereocenters. The van der Waals surface area contributed by atoms with Gasteiger partial charge in [-0.1, -0.05) is 0 Å². The van der Waals surface area contributed by atoms with Crippen LogP contribution in [0.25, 0.3) is 0 Å². The first-order valence-electron chi connectivity index (χ1n) is 6.24. The highest BCUT2D eigenvalue weighted by Crippen LogP contribution is 2.08. The summed E-state index contributed by atoms with van der Waals surface area (Å²) >= 11 is 0. The van der Waals surface area contributed by atoms with Crippen molar-refractivity contribution in [3.05, 3.63) is 18.7 Å². The lowest BCUT2D eigenvalue weighted by molar-refractivity contribution is -0.122. The molecule has 1 aliphatic rings. The fourth-order valence-corrected chi connectivity index (χ4v) is 2.17. The number of piperidine rings is 1. The second-order valence-electron chi connectivity index (χ2n) is 4.61. The zero-order chi connectivity index (χ0) is 12.1. The number of hydrogen-bond acceptors (Lipinski definition) is 3. The van der Waals surface area contributed by atoms with Crippen LogP contribution in [0.5, 0.6) is 0 Å². The van der Waals surface area contributed by atoms with Crippen molar-refractivity contribution in [1.82, 2.24) is 20.2 Å². The van der Waals surface area contributed by atoms with Crippen molar-refractivity contribution in [3.8, 4) is 0 Å².